The summed E-state index contributed by atoms with van der Waals surface area (Å²) in [7, 11) is 0. The molecule has 0 saturated heterocycles. The van der Waals surface area contributed by atoms with Crippen molar-refractivity contribution >= 4 is 27.0 Å². The summed E-state index contributed by atoms with van der Waals surface area (Å²) in [5, 5.41) is 3.41. The highest BCUT2D eigenvalue weighted by atomic mass is 79.9. The van der Waals surface area contributed by atoms with Gasteiger partial charge in [0, 0.05) is 10.7 Å². The highest BCUT2D eigenvalue weighted by Crippen LogP contribution is 2.28. The first-order valence-electron chi connectivity index (χ1n) is 3.97. The SMILES string of the molecule is Cc1nn(C(F)(F)F)c2cc(Br)cnc12. The number of hydrogen-bond donors (Lipinski definition) is 0. The van der Waals surface area contributed by atoms with E-state index in [1.165, 1.54) is 19.2 Å². The molecule has 0 bridgehead atoms. The van der Waals surface area contributed by atoms with Gasteiger partial charge in [-0.3, -0.25) is 4.98 Å². The molecule has 0 atom stereocenters. The number of aromatic nitrogens is 3. The number of alkyl halides is 3. The third kappa shape index (κ3) is 1.71. The number of nitrogens with zero attached hydrogens (tertiary/aromatic N) is 3. The molecule has 2 aromatic rings. The van der Waals surface area contributed by atoms with Crippen LogP contribution in [0, 0.1) is 6.92 Å². The zero-order valence-corrected chi connectivity index (χ0v) is 9.09. The molecule has 80 valence electrons. The normalized spacial score (nSPS) is 12.3. The molecule has 0 N–H and O–H groups in total. The first-order valence-corrected chi connectivity index (χ1v) is 4.77. The van der Waals surface area contributed by atoms with Crippen molar-refractivity contribution in [2.24, 2.45) is 0 Å². The minimum Gasteiger partial charge on any atom is -0.251 e. The van der Waals surface area contributed by atoms with E-state index in [9.17, 15) is 13.2 Å². The van der Waals surface area contributed by atoms with Crippen LogP contribution in [-0.4, -0.2) is 14.8 Å². The molecule has 0 aliphatic heterocycles. The summed E-state index contributed by atoms with van der Waals surface area (Å²) in [6.45, 7) is 1.49. The van der Waals surface area contributed by atoms with Gasteiger partial charge in [0.05, 0.1) is 11.2 Å². The van der Waals surface area contributed by atoms with Crippen molar-refractivity contribution in [2.45, 2.75) is 13.2 Å². The second-order valence-electron chi connectivity index (χ2n) is 2.99. The summed E-state index contributed by atoms with van der Waals surface area (Å²) >= 11 is 3.07. The lowest BCUT2D eigenvalue weighted by Gasteiger charge is -2.06. The number of rotatable bonds is 0. The second kappa shape index (κ2) is 3.19. The van der Waals surface area contributed by atoms with Crippen LogP contribution in [0.3, 0.4) is 0 Å². The van der Waals surface area contributed by atoms with E-state index in [1.54, 1.807) is 0 Å². The Labute approximate surface area is 91.0 Å². The van der Waals surface area contributed by atoms with Gasteiger partial charge in [-0.15, -0.1) is 13.2 Å². The fourth-order valence-corrected chi connectivity index (χ4v) is 1.63. The van der Waals surface area contributed by atoms with Crippen LogP contribution in [0.4, 0.5) is 13.2 Å². The molecule has 2 heterocycles. The molecule has 2 aromatic heterocycles. The fourth-order valence-electron chi connectivity index (χ4n) is 1.31. The lowest BCUT2D eigenvalue weighted by molar-refractivity contribution is -0.209. The van der Waals surface area contributed by atoms with Crippen LogP contribution in [0.2, 0.25) is 0 Å². The van der Waals surface area contributed by atoms with Gasteiger partial charge in [-0.2, -0.15) is 9.78 Å². The van der Waals surface area contributed by atoms with Crippen LogP contribution >= 0.6 is 15.9 Å². The highest BCUT2D eigenvalue weighted by Gasteiger charge is 2.34. The molecular formula is C8H5BrF3N3. The molecule has 0 aliphatic carbocycles. The summed E-state index contributed by atoms with van der Waals surface area (Å²) in [4.78, 5) is 3.88. The predicted molar refractivity (Wildman–Crippen MR) is 51.3 cm³/mol. The Hall–Kier alpha value is -1.11. The van der Waals surface area contributed by atoms with Crippen molar-refractivity contribution in [2.75, 3.05) is 0 Å². The van der Waals surface area contributed by atoms with Gasteiger partial charge < -0.3 is 0 Å². The molecule has 0 amide bonds. The summed E-state index contributed by atoms with van der Waals surface area (Å²) in [5.74, 6) is 0. The quantitative estimate of drug-likeness (QED) is 0.742. The van der Waals surface area contributed by atoms with Crippen molar-refractivity contribution in [3.8, 4) is 0 Å². The molecule has 0 aliphatic rings. The van der Waals surface area contributed by atoms with E-state index in [0.29, 0.717) is 4.47 Å². The standard InChI is InChI=1S/C8H5BrF3N3/c1-4-7-6(2-5(9)3-13-7)15(14-4)8(10,11)12/h2-3H,1H3. The van der Waals surface area contributed by atoms with E-state index >= 15 is 0 Å². The Morgan fingerprint density at radius 2 is 2.07 bits per heavy atom. The average molecular weight is 280 g/mol. The maximum atomic E-state index is 12.5. The van der Waals surface area contributed by atoms with E-state index in [-0.39, 0.29) is 21.4 Å². The Balaban J connectivity index is 2.81. The first-order chi connectivity index (χ1) is 6.89. The van der Waals surface area contributed by atoms with Gasteiger partial charge in [0.1, 0.15) is 5.52 Å². The molecule has 15 heavy (non-hydrogen) atoms. The molecule has 0 radical (unpaired) electrons. The van der Waals surface area contributed by atoms with Crippen molar-refractivity contribution < 1.29 is 13.2 Å². The summed E-state index contributed by atoms with van der Waals surface area (Å²) in [5.41, 5.74) is 0.472. The lowest BCUT2D eigenvalue weighted by Crippen LogP contribution is -2.18. The molecule has 7 heteroatoms. The number of pyridine rings is 1. The van der Waals surface area contributed by atoms with Crippen molar-refractivity contribution in [1.29, 1.82) is 0 Å². The molecule has 0 aromatic carbocycles. The van der Waals surface area contributed by atoms with Gasteiger partial charge in [0.25, 0.3) is 0 Å². The molecule has 0 saturated carbocycles. The molecule has 2 rings (SSSR count). The largest absolute Gasteiger partial charge is 0.505 e. The maximum Gasteiger partial charge on any atom is 0.505 e. The Morgan fingerprint density at radius 3 is 2.67 bits per heavy atom. The van der Waals surface area contributed by atoms with Crippen LogP contribution in [0.1, 0.15) is 5.69 Å². The molecular weight excluding hydrogens is 275 g/mol. The van der Waals surface area contributed by atoms with E-state index in [4.69, 9.17) is 0 Å². The lowest BCUT2D eigenvalue weighted by atomic mass is 10.3. The number of aryl methyl sites for hydroxylation is 1. The zero-order chi connectivity index (χ0) is 11.2. The van der Waals surface area contributed by atoms with Gasteiger partial charge in [-0.25, -0.2) is 0 Å². The van der Waals surface area contributed by atoms with Gasteiger partial charge in [0.2, 0.25) is 0 Å². The predicted octanol–water partition coefficient (Wildman–Crippen LogP) is 2.98. The fraction of sp³-hybridized carbons (Fsp3) is 0.250. The van der Waals surface area contributed by atoms with Crippen LogP contribution in [-0.2, 0) is 6.30 Å². The van der Waals surface area contributed by atoms with Gasteiger partial charge in [-0.05, 0) is 28.9 Å². The van der Waals surface area contributed by atoms with Gasteiger partial charge in [0.15, 0.2) is 0 Å². The van der Waals surface area contributed by atoms with Crippen LogP contribution in [0.25, 0.3) is 11.0 Å². The minimum absolute atomic E-state index is 0.0232. The zero-order valence-electron chi connectivity index (χ0n) is 7.51. The van der Waals surface area contributed by atoms with Crippen LogP contribution in [0.5, 0.6) is 0 Å². The molecule has 0 fully saturated rings. The second-order valence-corrected chi connectivity index (χ2v) is 3.90. The van der Waals surface area contributed by atoms with Crippen LogP contribution < -0.4 is 0 Å². The van der Waals surface area contributed by atoms with Crippen LogP contribution in [0.15, 0.2) is 16.7 Å². The average Bonchev–Trinajstić information content (AvgIpc) is 2.42. The van der Waals surface area contributed by atoms with Crippen molar-refractivity contribution in [3.05, 3.63) is 22.4 Å². The maximum absolute atomic E-state index is 12.5. The third-order valence-corrected chi connectivity index (χ3v) is 2.33. The summed E-state index contributed by atoms with van der Waals surface area (Å²) in [6, 6.07) is 1.34. The monoisotopic (exact) mass is 279 g/mol. The Bertz CT molecular complexity index is 518. The number of fused-ring (bicyclic) bond motifs is 1. The Kier molecular flexibility index (Phi) is 2.22. The molecule has 0 spiro atoms. The number of hydrogen-bond acceptors (Lipinski definition) is 2. The van der Waals surface area contributed by atoms with Gasteiger partial charge in [-0.1, -0.05) is 0 Å². The highest BCUT2D eigenvalue weighted by molar-refractivity contribution is 9.10. The molecule has 0 unspecified atom stereocenters. The van der Waals surface area contributed by atoms with E-state index < -0.39 is 6.30 Å². The van der Waals surface area contributed by atoms with Crippen molar-refractivity contribution in [1.82, 2.24) is 14.8 Å². The van der Waals surface area contributed by atoms with E-state index in [1.807, 2.05) is 0 Å². The Morgan fingerprint density at radius 1 is 1.40 bits per heavy atom. The summed E-state index contributed by atoms with van der Waals surface area (Å²) < 4.78 is 38.1. The third-order valence-electron chi connectivity index (χ3n) is 1.90. The topological polar surface area (TPSA) is 30.7 Å². The smallest absolute Gasteiger partial charge is 0.251 e. The molecule has 3 nitrogen and oxygen atoms in total. The van der Waals surface area contributed by atoms with Crippen molar-refractivity contribution in [3.63, 3.8) is 0 Å². The minimum atomic E-state index is -4.52. The number of halogens is 4. The first kappa shape index (κ1) is 10.4. The summed E-state index contributed by atoms with van der Waals surface area (Å²) in [6.07, 6.45) is -3.08. The van der Waals surface area contributed by atoms with E-state index in [0.717, 1.165) is 0 Å². The van der Waals surface area contributed by atoms with Gasteiger partial charge >= 0.3 is 6.30 Å². The van der Waals surface area contributed by atoms with E-state index in [2.05, 4.69) is 26.0 Å².